The quantitative estimate of drug-likeness (QED) is 0.218. The van der Waals surface area contributed by atoms with Crippen molar-refractivity contribution < 1.29 is 27.9 Å². The minimum atomic E-state index is -3.76. The lowest BCUT2D eigenvalue weighted by Crippen LogP contribution is -2.39. The zero-order valence-electron chi connectivity index (χ0n) is 28.2. The van der Waals surface area contributed by atoms with Gasteiger partial charge in [-0.2, -0.15) is 0 Å². The fraction of sp³-hybridized carbons (Fsp3) is 0.333. The molecule has 0 bridgehead atoms. The number of methoxy groups -OCH3 is 1. The molecule has 9 heteroatoms. The molecule has 2 aliphatic heterocycles. The first-order chi connectivity index (χ1) is 22.8. The minimum absolute atomic E-state index is 0.0533. The Kier molecular flexibility index (Phi) is 9.09. The van der Waals surface area contributed by atoms with Crippen molar-refractivity contribution in [2.24, 2.45) is 5.92 Å². The molecule has 0 unspecified atom stereocenters. The highest BCUT2D eigenvalue weighted by molar-refractivity contribution is 7.92. The number of carboxylic acid groups (broad SMARTS) is 1. The standard InChI is InChI=1S/C39H42N2O6S/c1-24-6-10-29(11-7-24)36-26(3)37-33-15-12-30(21-31(33)23-41(48(5,45)46)38(37)25(2)34(36)22-35(42)43)39(44)40-18-16-28(17-19-40)20-27-8-13-32(47-4)14-9-27/h6-15,21,28H,16-20,22-23H2,1-5H3,(H,42,43). The number of aryl methyl sites for hydroxylation is 1. The zero-order valence-corrected chi connectivity index (χ0v) is 29.0. The van der Waals surface area contributed by atoms with Crippen LogP contribution in [0.15, 0.2) is 66.7 Å². The molecule has 2 aliphatic rings. The first kappa shape index (κ1) is 33.3. The Labute approximate surface area is 283 Å². The zero-order chi connectivity index (χ0) is 34.3. The van der Waals surface area contributed by atoms with Gasteiger partial charge in [-0.3, -0.25) is 13.9 Å². The third-order valence-electron chi connectivity index (χ3n) is 9.94. The third kappa shape index (κ3) is 6.43. The van der Waals surface area contributed by atoms with Gasteiger partial charge in [0.05, 0.1) is 32.0 Å². The number of amides is 1. The van der Waals surface area contributed by atoms with Gasteiger partial charge in [-0.1, -0.05) is 48.0 Å². The topological polar surface area (TPSA) is 104 Å². The van der Waals surface area contributed by atoms with Crippen molar-refractivity contribution in [1.82, 2.24) is 4.90 Å². The van der Waals surface area contributed by atoms with E-state index in [1.165, 1.54) is 16.1 Å². The molecular formula is C39H42N2O6S. The number of likely N-dealkylation sites (tertiary alicyclic amines) is 1. The van der Waals surface area contributed by atoms with Gasteiger partial charge in [0, 0.05) is 24.2 Å². The predicted octanol–water partition coefficient (Wildman–Crippen LogP) is 6.96. The molecule has 4 aromatic rings. The van der Waals surface area contributed by atoms with E-state index in [1.807, 2.05) is 80.3 Å². The van der Waals surface area contributed by atoms with E-state index < -0.39 is 16.0 Å². The second kappa shape index (κ2) is 13.1. The predicted molar refractivity (Wildman–Crippen MR) is 189 cm³/mol. The summed E-state index contributed by atoms with van der Waals surface area (Å²) in [5, 5.41) is 9.90. The van der Waals surface area contributed by atoms with Gasteiger partial charge in [-0.15, -0.1) is 0 Å². The van der Waals surface area contributed by atoms with E-state index in [-0.39, 0.29) is 18.9 Å². The normalized spacial score (nSPS) is 14.8. The summed E-state index contributed by atoms with van der Waals surface area (Å²) in [6.07, 6.45) is 3.72. The highest BCUT2D eigenvalue weighted by atomic mass is 32.2. The second-order valence-corrected chi connectivity index (χ2v) is 15.1. The Morgan fingerprint density at radius 2 is 1.56 bits per heavy atom. The summed E-state index contributed by atoms with van der Waals surface area (Å²) in [7, 11) is -2.09. The summed E-state index contributed by atoms with van der Waals surface area (Å²) in [4.78, 5) is 27.8. The lowest BCUT2D eigenvalue weighted by atomic mass is 9.80. The van der Waals surface area contributed by atoms with Crippen molar-refractivity contribution in [2.75, 3.05) is 30.8 Å². The lowest BCUT2D eigenvalue weighted by Gasteiger charge is -2.36. The van der Waals surface area contributed by atoms with Gasteiger partial charge < -0.3 is 14.7 Å². The SMILES string of the molecule is COc1ccc(CC2CCN(C(=O)c3ccc4c(c3)CN(S(C)(=O)=O)c3c(C)c(CC(=O)O)c(-c5ccc(C)cc5)c(C)c3-4)CC2)cc1. The number of carboxylic acids is 1. The average Bonchev–Trinajstić information content (AvgIpc) is 3.06. The molecule has 2 heterocycles. The lowest BCUT2D eigenvalue weighted by molar-refractivity contribution is -0.136. The van der Waals surface area contributed by atoms with Crippen LogP contribution in [0.25, 0.3) is 22.3 Å². The van der Waals surface area contributed by atoms with E-state index in [2.05, 4.69) is 12.1 Å². The molecule has 1 amide bonds. The highest BCUT2D eigenvalue weighted by Crippen LogP contribution is 2.49. The van der Waals surface area contributed by atoms with Crippen molar-refractivity contribution in [3.63, 3.8) is 0 Å². The smallest absolute Gasteiger partial charge is 0.307 e. The molecule has 0 aromatic heterocycles. The number of carbonyl (C=O) groups is 2. The molecule has 0 radical (unpaired) electrons. The number of rotatable bonds is 8. The van der Waals surface area contributed by atoms with Crippen LogP contribution in [0.4, 0.5) is 5.69 Å². The summed E-state index contributed by atoms with van der Waals surface area (Å²) < 4.78 is 33.3. The summed E-state index contributed by atoms with van der Waals surface area (Å²) in [5.41, 5.74) is 9.45. The number of fused-ring (bicyclic) bond motifs is 3. The van der Waals surface area contributed by atoms with Gasteiger partial charge >= 0.3 is 5.97 Å². The van der Waals surface area contributed by atoms with Crippen LogP contribution >= 0.6 is 0 Å². The Hall–Kier alpha value is -4.63. The van der Waals surface area contributed by atoms with E-state index in [9.17, 15) is 23.1 Å². The van der Waals surface area contributed by atoms with E-state index >= 15 is 0 Å². The summed E-state index contributed by atoms with van der Waals surface area (Å²) in [6.45, 7) is 7.13. The molecule has 0 spiro atoms. The van der Waals surface area contributed by atoms with Crippen LogP contribution in [0.1, 0.15) is 56.6 Å². The van der Waals surface area contributed by atoms with Crippen LogP contribution in [0, 0.1) is 26.7 Å². The molecular weight excluding hydrogens is 625 g/mol. The Morgan fingerprint density at radius 3 is 2.17 bits per heavy atom. The third-order valence-corrected chi connectivity index (χ3v) is 11.0. The maximum absolute atomic E-state index is 13.8. The van der Waals surface area contributed by atoms with Crippen LogP contribution in [-0.2, 0) is 34.2 Å². The molecule has 4 aromatic carbocycles. The first-order valence-electron chi connectivity index (χ1n) is 16.3. The molecule has 48 heavy (non-hydrogen) atoms. The van der Waals surface area contributed by atoms with E-state index in [1.54, 1.807) is 7.11 Å². The highest BCUT2D eigenvalue weighted by Gasteiger charge is 2.35. The fourth-order valence-corrected chi connectivity index (χ4v) is 8.34. The Morgan fingerprint density at radius 1 is 0.896 bits per heavy atom. The summed E-state index contributed by atoms with van der Waals surface area (Å²) in [6, 6.07) is 21.7. The van der Waals surface area contributed by atoms with Gasteiger partial charge in [0.15, 0.2) is 0 Å². The van der Waals surface area contributed by atoms with Crippen molar-refractivity contribution in [1.29, 1.82) is 0 Å². The molecule has 6 rings (SSSR count). The number of hydrogen-bond acceptors (Lipinski definition) is 5. The van der Waals surface area contributed by atoms with Gasteiger partial charge in [-0.05, 0) is 115 Å². The van der Waals surface area contributed by atoms with Gasteiger partial charge in [0.2, 0.25) is 10.0 Å². The number of sulfonamides is 1. The maximum Gasteiger partial charge on any atom is 0.307 e. The van der Waals surface area contributed by atoms with Crippen molar-refractivity contribution >= 4 is 27.6 Å². The number of piperidine rings is 1. The Balaban J connectivity index is 1.35. The fourth-order valence-electron chi connectivity index (χ4n) is 7.41. The molecule has 0 aliphatic carbocycles. The first-order valence-corrected chi connectivity index (χ1v) is 18.2. The van der Waals surface area contributed by atoms with Crippen molar-refractivity contribution in [2.45, 2.75) is 53.0 Å². The van der Waals surface area contributed by atoms with E-state index in [0.717, 1.165) is 64.0 Å². The second-order valence-electron chi connectivity index (χ2n) is 13.2. The number of ether oxygens (including phenoxy) is 1. The number of benzene rings is 4. The molecule has 1 saturated heterocycles. The number of hydrogen-bond donors (Lipinski definition) is 1. The van der Waals surface area contributed by atoms with Gasteiger partial charge in [0.1, 0.15) is 5.75 Å². The van der Waals surface area contributed by atoms with Crippen LogP contribution in [0.5, 0.6) is 5.75 Å². The monoisotopic (exact) mass is 666 g/mol. The van der Waals surface area contributed by atoms with Gasteiger partial charge in [0.25, 0.3) is 5.91 Å². The molecule has 0 atom stereocenters. The number of anilines is 1. The van der Waals surface area contributed by atoms with Crippen molar-refractivity contribution in [3.8, 4) is 28.0 Å². The largest absolute Gasteiger partial charge is 0.497 e. The number of carbonyl (C=O) groups excluding carboxylic acids is 1. The van der Waals surface area contributed by atoms with E-state index in [0.29, 0.717) is 41.4 Å². The maximum atomic E-state index is 13.8. The van der Waals surface area contributed by atoms with Crippen LogP contribution in [0.2, 0.25) is 0 Å². The van der Waals surface area contributed by atoms with E-state index in [4.69, 9.17) is 4.74 Å². The number of nitrogens with zero attached hydrogens (tertiary/aromatic N) is 2. The number of aliphatic carboxylic acids is 1. The van der Waals surface area contributed by atoms with Crippen LogP contribution < -0.4 is 9.04 Å². The molecule has 1 fully saturated rings. The van der Waals surface area contributed by atoms with Crippen LogP contribution in [-0.4, -0.2) is 56.8 Å². The average molecular weight is 667 g/mol. The minimum Gasteiger partial charge on any atom is -0.497 e. The summed E-state index contributed by atoms with van der Waals surface area (Å²) in [5.74, 6) is 0.293. The molecule has 250 valence electrons. The van der Waals surface area contributed by atoms with Gasteiger partial charge in [-0.25, -0.2) is 8.42 Å². The molecule has 1 N–H and O–H groups in total. The molecule has 8 nitrogen and oxygen atoms in total. The van der Waals surface area contributed by atoms with Crippen molar-refractivity contribution in [3.05, 3.63) is 106 Å². The van der Waals surface area contributed by atoms with Crippen LogP contribution in [0.3, 0.4) is 0 Å². The molecule has 0 saturated carbocycles. The Bertz CT molecular complexity index is 1990. The summed E-state index contributed by atoms with van der Waals surface area (Å²) >= 11 is 0.